The van der Waals surface area contributed by atoms with Gasteiger partial charge in [-0.25, -0.2) is 4.98 Å². The van der Waals surface area contributed by atoms with Gasteiger partial charge in [0.1, 0.15) is 10.8 Å². The van der Waals surface area contributed by atoms with E-state index in [0.717, 1.165) is 25.3 Å². The lowest BCUT2D eigenvalue weighted by molar-refractivity contribution is 0.00292. The summed E-state index contributed by atoms with van der Waals surface area (Å²) in [5.41, 5.74) is 6.20. The molecule has 92 valence electrons. The molecular weight excluding hydrogens is 234 g/mol. The van der Waals surface area contributed by atoms with E-state index >= 15 is 0 Å². The van der Waals surface area contributed by atoms with Gasteiger partial charge in [0.25, 0.3) is 0 Å². The molecule has 0 saturated heterocycles. The fourth-order valence-corrected chi connectivity index (χ4v) is 2.03. The van der Waals surface area contributed by atoms with Crippen LogP contribution in [0.5, 0.6) is 0 Å². The highest BCUT2D eigenvalue weighted by Crippen LogP contribution is 2.26. The number of hydrogen-bond donors (Lipinski definition) is 2. The van der Waals surface area contributed by atoms with Crippen molar-refractivity contribution >= 4 is 23.0 Å². The first-order chi connectivity index (χ1) is 8.19. The Kier molecular flexibility index (Phi) is 3.91. The Hall–Kier alpha value is -1.20. The van der Waals surface area contributed by atoms with Crippen LogP contribution < -0.4 is 11.1 Å². The Morgan fingerprint density at radius 1 is 1.59 bits per heavy atom. The van der Waals surface area contributed by atoms with Crippen molar-refractivity contribution in [3.05, 3.63) is 23.9 Å². The summed E-state index contributed by atoms with van der Waals surface area (Å²) in [4.78, 5) is 4.68. The van der Waals surface area contributed by atoms with Gasteiger partial charge in [0.2, 0.25) is 0 Å². The quantitative estimate of drug-likeness (QED) is 0.780. The molecule has 0 bridgehead atoms. The summed E-state index contributed by atoms with van der Waals surface area (Å²) >= 11 is 4.90. The van der Waals surface area contributed by atoms with Crippen LogP contribution in [0, 0.1) is 0 Å². The third kappa shape index (κ3) is 3.14. The molecule has 0 unspecified atom stereocenters. The minimum Gasteiger partial charge on any atom is -0.388 e. The lowest BCUT2D eigenvalue weighted by atomic mass is 9.89. The van der Waals surface area contributed by atoms with E-state index in [1.54, 1.807) is 0 Å². The minimum absolute atomic E-state index is 0.328. The monoisotopic (exact) mass is 251 g/mol. The topological polar surface area (TPSA) is 60.2 Å². The Morgan fingerprint density at radius 3 is 3.00 bits per heavy atom. The molecular formula is C12H17N3OS. The number of rotatable bonds is 5. The second-order valence-electron chi connectivity index (χ2n) is 4.16. The molecule has 17 heavy (non-hydrogen) atoms. The van der Waals surface area contributed by atoms with E-state index in [-0.39, 0.29) is 0 Å². The standard InChI is InChI=1S/C12H17N3OS/c1-2-16-9-6-8(7-9)14-11-5-3-4-10(15-11)12(13)17/h3-5,8-9H,2,6-7H2,1H3,(H2,13,17)(H,14,15). The Bertz CT molecular complexity index is 404. The minimum atomic E-state index is 0.328. The van der Waals surface area contributed by atoms with Crippen LogP contribution in [0.1, 0.15) is 25.5 Å². The summed E-state index contributed by atoms with van der Waals surface area (Å²) in [5, 5.41) is 3.36. The third-order valence-electron chi connectivity index (χ3n) is 2.85. The van der Waals surface area contributed by atoms with Crippen molar-refractivity contribution < 1.29 is 4.74 Å². The summed E-state index contributed by atoms with van der Waals surface area (Å²) < 4.78 is 5.51. The highest BCUT2D eigenvalue weighted by Gasteiger charge is 2.29. The van der Waals surface area contributed by atoms with Crippen molar-refractivity contribution in [1.29, 1.82) is 0 Å². The first-order valence-electron chi connectivity index (χ1n) is 5.84. The molecule has 1 aromatic heterocycles. The predicted molar refractivity (Wildman–Crippen MR) is 72.2 cm³/mol. The smallest absolute Gasteiger partial charge is 0.126 e. The van der Waals surface area contributed by atoms with Gasteiger partial charge >= 0.3 is 0 Å². The number of nitrogens with one attached hydrogen (secondary N) is 1. The maximum Gasteiger partial charge on any atom is 0.126 e. The van der Waals surface area contributed by atoms with Crippen LogP contribution in [0.25, 0.3) is 0 Å². The number of ether oxygens (including phenoxy) is 1. The van der Waals surface area contributed by atoms with Crippen molar-refractivity contribution in [2.24, 2.45) is 5.73 Å². The van der Waals surface area contributed by atoms with E-state index in [0.29, 0.717) is 22.8 Å². The maximum absolute atomic E-state index is 5.54. The van der Waals surface area contributed by atoms with Crippen molar-refractivity contribution in [2.75, 3.05) is 11.9 Å². The molecule has 0 aromatic carbocycles. The van der Waals surface area contributed by atoms with Crippen LogP contribution in [-0.2, 0) is 4.74 Å². The van der Waals surface area contributed by atoms with E-state index < -0.39 is 0 Å². The fourth-order valence-electron chi connectivity index (χ4n) is 1.92. The van der Waals surface area contributed by atoms with Crippen molar-refractivity contribution in [1.82, 2.24) is 4.98 Å². The number of nitrogens with zero attached hydrogens (tertiary/aromatic N) is 1. The van der Waals surface area contributed by atoms with Gasteiger partial charge in [-0.05, 0) is 31.9 Å². The summed E-state index contributed by atoms with van der Waals surface area (Å²) in [6.07, 6.45) is 2.47. The molecule has 1 fully saturated rings. The van der Waals surface area contributed by atoms with Crippen LogP contribution in [0.15, 0.2) is 18.2 Å². The number of nitrogens with two attached hydrogens (primary N) is 1. The number of hydrogen-bond acceptors (Lipinski definition) is 4. The molecule has 0 radical (unpaired) electrons. The first kappa shape index (κ1) is 12.3. The van der Waals surface area contributed by atoms with Crippen LogP contribution >= 0.6 is 12.2 Å². The SMILES string of the molecule is CCOC1CC(Nc2cccc(C(N)=S)n2)C1. The Morgan fingerprint density at radius 2 is 2.35 bits per heavy atom. The normalized spacial score (nSPS) is 22.9. The average molecular weight is 251 g/mol. The summed E-state index contributed by atoms with van der Waals surface area (Å²) in [6, 6.07) is 6.09. The zero-order chi connectivity index (χ0) is 12.3. The van der Waals surface area contributed by atoms with Crippen LogP contribution in [0.3, 0.4) is 0 Å². The van der Waals surface area contributed by atoms with Gasteiger partial charge < -0.3 is 15.8 Å². The summed E-state index contributed by atoms with van der Waals surface area (Å²) in [6.45, 7) is 2.81. The molecule has 3 N–H and O–H groups in total. The van der Waals surface area contributed by atoms with Crippen molar-refractivity contribution in [3.8, 4) is 0 Å². The Labute approximate surface area is 107 Å². The van der Waals surface area contributed by atoms with Gasteiger partial charge in [0.05, 0.1) is 11.8 Å². The van der Waals surface area contributed by atoms with Gasteiger partial charge in [-0.1, -0.05) is 18.3 Å². The van der Waals surface area contributed by atoms with E-state index in [9.17, 15) is 0 Å². The second-order valence-corrected chi connectivity index (χ2v) is 4.60. The number of pyridine rings is 1. The van der Waals surface area contributed by atoms with Crippen LogP contribution in [0.2, 0.25) is 0 Å². The molecule has 5 heteroatoms. The molecule has 0 atom stereocenters. The second kappa shape index (κ2) is 5.42. The summed E-state index contributed by atoms with van der Waals surface area (Å²) in [5.74, 6) is 0.829. The average Bonchev–Trinajstić information content (AvgIpc) is 2.27. The number of thiocarbonyl (C=S) groups is 1. The molecule has 4 nitrogen and oxygen atoms in total. The van der Waals surface area contributed by atoms with Crippen LogP contribution in [0.4, 0.5) is 5.82 Å². The largest absolute Gasteiger partial charge is 0.388 e. The van der Waals surface area contributed by atoms with Gasteiger partial charge in [-0.3, -0.25) is 0 Å². The zero-order valence-electron chi connectivity index (χ0n) is 9.85. The molecule has 1 aromatic rings. The van der Waals surface area contributed by atoms with Crippen molar-refractivity contribution in [2.45, 2.75) is 31.9 Å². The third-order valence-corrected chi connectivity index (χ3v) is 3.06. The zero-order valence-corrected chi connectivity index (χ0v) is 10.7. The maximum atomic E-state index is 5.54. The van der Waals surface area contributed by atoms with Crippen LogP contribution in [-0.4, -0.2) is 28.7 Å². The van der Waals surface area contributed by atoms with Gasteiger partial charge in [0, 0.05) is 12.6 Å². The molecule has 0 spiro atoms. The van der Waals surface area contributed by atoms with E-state index in [1.165, 1.54) is 0 Å². The molecule has 1 heterocycles. The molecule has 1 aliphatic carbocycles. The van der Waals surface area contributed by atoms with Gasteiger partial charge in [-0.2, -0.15) is 0 Å². The Balaban J connectivity index is 1.88. The van der Waals surface area contributed by atoms with Crippen molar-refractivity contribution in [3.63, 3.8) is 0 Å². The van der Waals surface area contributed by atoms with Gasteiger partial charge in [-0.15, -0.1) is 0 Å². The molecule has 2 rings (SSSR count). The molecule has 1 aliphatic rings. The van der Waals surface area contributed by atoms with E-state index in [1.807, 2.05) is 25.1 Å². The van der Waals surface area contributed by atoms with E-state index in [2.05, 4.69) is 10.3 Å². The van der Waals surface area contributed by atoms with E-state index in [4.69, 9.17) is 22.7 Å². The highest BCUT2D eigenvalue weighted by molar-refractivity contribution is 7.80. The number of aromatic nitrogens is 1. The molecule has 0 aliphatic heterocycles. The first-order valence-corrected chi connectivity index (χ1v) is 6.25. The fraction of sp³-hybridized carbons (Fsp3) is 0.500. The highest BCUT2D eigenvalue weighted by atomic mass is 32.1. The summed E-state index contributed by atoms with van der Waals surface area (Å²) in [7, 11) is 0. The predicted octanol–water partition coefficient (Wildman–Crippen LogP) is 1.70. The lowest BCUT2D eigenvalue weighted by Crippen LogP contribution is -2.41. The van der Waals surface area contributed by atoms with Gasteiger partial charge in [0.15, 0.2) is 0 Å². The molecule has 1 saturated carbocycles. The number of anilines is 1. The molecule has 0 amide bonds. The lowest BCUT2D eigenvalue weighted by Gasteiger charge is -2.35.